The molecule has 0 radical (unpaired) electrons. The largest absolute Gasteiger partial charge is 0.497 e. The summed E-state index contributed by atoms with van der Waals surface area (Å²) in [5.74, 6) is -0.873. The van der Waals surface area contributed by atoms with Gasteiger partial charge in [-0.05, 0) is 49.4 Å². The number of benzene rings is 2. The molecule has 1 aliphatic rings. The number of hydrogen-bond acceptors (Lipinski definition) is 5. The molecule has 1 saturated heterocycles. The van der Waals surface area contributed by atoms with Crippen LogP contribution >= 0.6 is 0 Å². The summed E-state index contributed by atoms with van der Waals surface area (Å²) in [5.41, 5.74) is 1.18. The van der Waals surface area contributed by atoms with Crippen LogP contribution in [0.1, 0.15) is 6.42 Å². The Morgan fingerprint density at radius 3 is 2.37 bits per heavy atom. The molecular formula is C22H27FN4O3. The smallest absolute Gasteiger partial charge is 0.313 e. The third-order valence-electron chi connectivity index (χ3n) is 5.06. The topological polar surface area (TPSA) is 73.9 Å². The van der Waals surface area contributed by atoms with Gasteiger partial charge in [-0.3, -0.25) is 14.5 Å². The second-order valence-electron chi connectivity index (χ2n) is 7.07. The van der Waals surface area contributed by atoms with E-state index in [0.29, 0.717) is 23.7 Å². The number of halogens is 1. The number of piperazine rings is 1. The normalized spacial score (nSPS) is 14.3. The average molecular weight is 414 g/mol. The molecule has 2 amide bonds. The second kappa shape index (κ2) is 10.6. The van der Waals surface area contributed by atoms with E-state index in [2.05, 4.69) is 20.4 Å². The van der Waals surface area contributed by atoms with Gasteiger partial charge in [-0.1, -0.05) is 12.1 Å². The highest BCUT2D eigenvalue weighted by molar-refractivity contribution is 6.39. The van der Waals surface area contributed by atoms with Crippen molar-refractivity contribution in [2.45, 2.75) is 6.42 Å². The van der Waals surface area contributed by atoms with Crippen molar-refractivity contribution in [1.82, 2.24) is 10.2 Å². The van der Waals surface area contributed by atoms with E-state index < -0.39 is 11.8 Å². The quantitative estimate of drug-likeness (QED) is 0.536. The summed E-state index contributed by atoms with van der Waals surface area (Å²) in [4.78, 5) is 28.2. The minimum absolute atomic E-state index is 0.193. The number of amides is 2. The van der Waals surface area contributed by atoms with Crippen molar-refractivity contribution in [2.24, 2.45) is 0 Å². The van der Waals surface area contributed by atoms with Gasteiger partial charge in [-0.25, -0.2) is 4.39 Å². The van der Waals surface area contributed by atoms with Gasteiger partial charge < -0.3 is 20.3 Å². The van der Waals surface area contributed by atoms with E-state index >= 15 is 0 Å². The number of rotatable bonds is 7. The number of carbonyl (C=O) groups is 2. The molecule has 0 unspecified atom stereocenters. The fourth-order valence-corrected chi connectivity index (χ4v) is 3.37. The number of para-hydroxylation sites is 1. The molecule has 30 heavy (non-hydrogen) atoms. The molecule has 7 nitrogen and oxygen atoms in total. The number of methoxy groups -OCH3 is 1. The number of hydrogen-bond donors (Lipinski definition) is 2. The fourth-order valence-electron chi connectivity index (χ4n) is 3.37. The molecule has 1 heterocycles. The summed E-state index contributed by atoms with van der Waals surface area (Å²) in [5, 5.41) is 5.20. The third kappa shape index (κ3) is 5.93. The molecule has 8 heteroatoms. The molecule has 0 saturated carbocycles. The Bertz CT molecular complexity index is 852. The molecule has 0 bridgehead atoms. The molecule has 0 spiro atoms. The van der Waals surface area contributed by atoms with Gasteiger partial charge in [0.25, 0.3) is 0 Å². The maximum absolute atomic E-state index is 13.9. The van der Waals surface area contributed by atoms with Crippen molar-refractivity contribution in [2.75, 3.05) is 56.6 Å². The minimum Gasteiger partial charge on any atom is -0.497 e. The number of ether oxygens (including phenoxy) is 1. The van der Waals surface area contributed by atoms with Crippen LogP contribution in [0.3, 0.4) is 0 Å². The van der Waals surface area contributed by atoms with Crippen molar-refractivity contribution < 1.29 is 18.7 Å². The second-order valence-corrected chi connectivity index (χ2v) is 7.07. The van der Waals surface area contributed by atoms with E-state index in [0.717, 1.165) is 39.1 Å². The SMILES string of the molecule is COc1ccc(NC(=O)C(=O)NCCCN2CCN(c3ccccc3F)CC2)cc1. The van der Waals surface area contributed by atoms with Gasteiger partial charge in [0.05, 0.1) is 12.8 Å². The molecule has 3 rings (SSSR count). The first-order valence-corrected chi connectivity index (χ1v) is 10.0. The van der Waals surface area contributed by atoms with Crippen molar-refractivity contribution in [1.29, 1.82) is 0 Å². The lowest BCUT2D eigenvalue weighted by Gasteiger charge is -2.36. The zero-order valence-corrected chi connectivity index (χ0v) is 17.1. The Morgan fingerprint density at radius 1 is 1.00 bits per heavy atom. The highest BCUT2D eigenvalue weighted by atomic mass is 19.1. The zero-order valence-electron chi connectivity index (χ0n) is 17.1. The lowest BCUT2D eigenvalue weighted by Crippen LogP contribution is -2.47. The van der Waals surface area contributed by atoms with Crippen LogP contribution in [-0.4, -0.2) is 63.1 Å². The monoisotopic (exact) mass is 414 g/mol. The lowest BCUT2D eigenvalue weighted by atomic mass is 10.2. The predicted molar refractivity (Wildman–Crippen MR) is 114 cm³/mol. The zero-order chi connectivity index (χ0) is 21.3. The molecule has 2 aromatic rings. The highest BCUT2D eigenvalue weighted by Crippen LogP contribution is 2.20. The van der Waals surface area contributed by atoms with E-state index in [-0.39, 0.29) is 5.82 Å². The van der Waals surface area contributed by atoms with Crippen LogP contribution in [0.5, 0.6) is 5.75 Å². The van der Waals surface area contributed by atoms with Gasteiger partial charge >= 0.3 is 11.8 Å². The Hall–Kier alpha value is -3.13. The molecule has 2 aromatic carbocycles. The Labute approximate surface area is 175 Å². The van der Waals surface area contributed by atoms with E-state index in [4.69, 9.17) is 4.74 Å². The van der Waals surface area contributed by atoms with Crippen LogP contribution in [-0.2, 0) is 9.59 Å². The van der Waals surface area contributed by atoms with Gasteiger partial charge in [0.15, 0.2) is 0 Å². The Balaban J connectivity index is 1.32. The standard InChI is InChI=1S/C22H27FN4O3/c1-30-18-9-7-17(8-10-18)25-22(29)21(28)24-11-4-12-26-13-15-27(16-14-26)20-6-3-2-5-19(20)23/h2-3,5-10H,4,11-16H2,1H3,(H,24,28)(H,25,29). The van der Waals surface area contributed by atoms with Crippen molar-refractivity contribution >= 4 is 23.2 Å². The van der Waals surface area contributed by atoms with Gasteiger partial charge in [0, 0.05) is 38.4 Å². The number of anilines is 2. The number of nitrogens with zero attached hydrogens (tertiary/aromatic N) is 2. The van der Waals surface area contributed by atoms with Gasteiger partial charge in [-0.2, -0.15) is 0 Å². The van der Waals surface area contributed by atoms with Crippen LogP contribution in [0.15, 0.2) is 48.5 Å². The van der Waals surface area contributed by atoms with E-state index in [1.54, 1.807) is 43.5 Å². The summed E-state index contributed by atoms with van der Waals surface area (Å²) in [6, 6.07) is 13.6. The van der Waals surface area contributed by atoms with Crippen LogP contribution in [0.4, 0.5) is 15.8 Å². The maximum Gasteiger partial charge on any atom is 0.313 e. The molecule has 1 aliphatic heterocycles. The summed E-state index contributed by atoms with van der Waals surface area (Å²) in [6.45, 7) is 4.42. The van der Waals surface area contributed by atoms with Crippen molar-refractivity contribution in [3.05, 3.63) is 54.3 Å². The first-order valence-electron chi connectivity index (χ1n) is 10.0. The third-order valence-corrected chi connectivity index (χ3v) is 5.06. The first kappa shape index (κ1) is 21.6. The number of nitrogens with one attached hydrogen (secondary N) is 2. The van der Waals surface area contributed by atoms with E-state index in [1.807, 2.05) is 6.07 Å². The van der Waals surface area contributed by atoms with Crippen molar-refractivity contribution in [3.8, 4) is 5.75 Å². The molecule has 1 fully saturated rings. The summed E-state index contributed by atoms with van der Waals surface area (Å²) in [6.07, 6.45) is 0.737. The minimum atomic E-state index is -0.696. The molecule has 0 aromatic heterocycles. The fraction of sp³-hybridized carbons (Fsp3) is 0.364. The van der Waals surface area contributed by atoms with Gasteiger partial charge in [0.1, 0.15) is 11.6 Å². The Kier molecular flexibility index (Phi) is 7.62. The summed E-state index contributed by atoms with van der Waals surface area (Å²) >= 11 is 0. The summed E-state index contributed by atoms with van der Waals surface area (Å²) in [7, 11) is 1.56. The lowest BCUT2D eigenvalue weighted by molar-refractivity contribution is -0.136. The van der Waals surface area contributed by atoms with Gasteiger partial charge in [-0.15, -0.1) is 0 Å². The van der Waals surface area contributed by atoms with E-state index in [1.165, 1.54) is 6.07 Å². The predicted octanol–water partition coefficient (Wildman–Crippen LogP) is 2.10. The number of carbonyl (C=O) groups excluding carboxylic acids is 2. The molecule has 0 atom stereocenters. The maximum atomic E-state index is 13.9. The Morgan fingerprint density at radius 2 is 1.70 bits per heavy atom. The van der Waals surface area contributed by atoms with Crippen LogP contribution in [0.2, 0.25) is 0 Å². The summed E-state index contributed by atoms with van der Waals surface area (Å²) < 4.78 is 19.0. The average Bonchev–Trinajstić information content (AvgIpc) is 2.78. The molecular weight excluding hydrogens is 387 g/mol. The molecule has 160 valence electrons. The van der Waals surface area contributed by atoms with Crippen molar-refractivity contribution in [3.63, 3.8) is 0 Å². The van der Waals surface area contributed by atoms with Crippen LogP contribution in [0.25, 0.3) is 0 Å². The van der Waals surface area contributed by atoms with Gasteiger partial charge in [0.2, 0.25) is 0 Å². The van der Waals surface area contributed by atoms with Crippen LogP contribution in [0, 0.1) is 5.82 Å². The first-order chi connectivity index (χ1) is 14.6. The molecule has 0 aliphatic carbocycles. The molecule has 2 N–H and O–H groups in total. The highest BCUT2D eigenvalue weighted by Gasteiger charge is 2.19. The van der Waals surface area contributed by atoms with E-state index in [9.17, 15) is 14.0 Å². The van der Waals surface area contributed by atoms with Crippen LogP contribution < -0.4 is 20.3 Å².